The average Bonchev–Trinajstić information content (AvgIpc) is 2.36. The number of nitrogens with zero attached hydrogens (tertiary/aromatic N) is 1. The molecular formula is C18H23NO2. The largest absolute Gasteiger partial charge is 0.423 e. The van der Waals surface area contributed by atoms with E-state index in [0.29, 0.717) is 11.5 Å². The Hall–Kier alpha value is -1.77. The van der Waals surface area contributed by atoms with Crippen LogP contribution in [0.4, 0.5) is 5.69 Å². The zero-order valence-electron chi connectivity index (χ0n) is 13.5. The predicted molar refractivity (Wildman–Crippen MR) is 87.4 cm³/mol. The standard InChI is InChI=1S/C18H23NO2/c1-6-19-15-9-16-14(11(2)7-17(20)21-16)8-13(15)12(3)10-18(19,4)5/h7-9,12H,6,10H2,1-5H3. The first-order valence-electron chi connectivity index (χ1n) is 7.69. The number of rotatable bonds is 1. The first-order valence-corrected chi connectivity index (χ1v) is 7.69. The highest BCUT2D eigenvalue weighted by molar-refractivity contribution is 5.86. The summed E-state index contributed by atoms with van der Waals surface area (Å²) in [5, 5.41) is 1.05. The normalized spacial score (nSPS) is 20.6. The van der Waals surface area contributed by atoms with Crippen LogP contribution < -0.4 is 10.5 Å². The molecule has 2 heterocycles. The van der Waals surface area contributed by atoms with Crippen LogP contribution in [0.2, 0.25) is 0 Å². The summed E-state index contributed by atoms with van der Waals surface area (Å²) >= 11 is 0. The van der Waals surface area contributed by atoms with Gasteiger partial charge in [0, 0.05) is 35.3 Å². The van der Waals surface area contributed by atoms with Gasteiger partial charge in [0.1, 0.15) is 5.58 Å². The zero-order valence-corrected chi connectivity index (χ0v) is 13.5. The maximum Gasteiger partial charge on any atom is 0.336 e. The fourth-order valence-electron chi connectivity index (χ4n) is 3.89. The number of hydrogen-bond donors (Lipinski definition) is 0. The van der Waals surface area contributed by atoms with Gasteiger partial charge in [0.2, 0.25) is 0 Å². The summed E-state index contributed by atoms with van der Waals surface area (Å²) in [7, 11) is 0. The van der Waals surface area contributed by atoms with Crippen molar-refractivity contribution in [2.75, 3.05) is 11.4 Å². The summed E-state index contributed by atoms with van der Waals surface area (Å²) < 4.78 is 5.42. The fourth-order valence-corrected chi connectivity index (χ4v) is 3.89. The van der Waals surface area contributed by atoms with Crippen LogP contribution in [-0.2, 0) is 0 Å². The first kappa shape index (κ1) is 14.2. The van der Waals surface area contributed by atoms with Gasteiger partial charge in [-0.3, -0.25) is 0 Å². The van der Waals surface area contributed by atoms with Crippen molar-refractivity contribution in [3.8, 4) is 0 Å². The van der Waals surface area contributed by atoms with Crippen LogP contribution in [-0.4, -0.2) is 12.1 Å². The second-order valence-corrected chi connectivity index (χ2v) is 6.82. The first-order chi connectivity index (χ1) is 9.83. The van der Waals surface area contributed by atoms with Gasteiger partial charge in [0.25, 0.3) is 0 Å². The molecule has 2 aromatic rings. The van der Waals surface area contributed by atoms with Crippen molar-refractivity contribution < 1.29 is 4.42 Å². The Kier molecular flexibility index (Phi) is 3.12. The molecule has 0 amide bonds. The van der Waals surface area contributed by atoms with Crippen molar-refractivity contribution in [2.24, 2.45) is 0 Å². The third kappa shape index (κ3) is 2.15. The number of fused-ring (bicyclic) bond motifs is 2. The minimum atomic E-state index is -0.272. The predicted octanol–water partition coefficient (Wildman–Crippen LogP) is 4.21. The molecule has 0 spiro atoms. The lowest BCUT2D eigenvalue weighted by molar-refractivity contribution is 0.381. The third-order valence-corrected chi connectivity index (χ3v) is 4.77. The molecule has 1 aliphatic rings. The summed E-state index contributed by atoms with van der Waals surface area (Å²) in [5.41, 5.74) is 4.11. The minimum absolute atomic E-state index is 0.124. The van der Waals surface area contributed by atoms with Gasteiger partial charge in [-0.1, -0.05) is 6.92 Å². The van der Waals surface area contributed by atoms with Gasteiger partial charge < -0.3 is 9.32 Å². The van der Waals surface area contributed by atoms with Crippen LogP contribution in [0.15, 0.2) is 27.4 Å². The van der Waals surface area contributed by atoms with Crippen molar-refractivity contribution in [2.45, 2.75) is 52.5 Å². The van der Waals surface area contributed by atoms with Crippen LogP contribution in [0.3, 0.4) is 0 Å². The number of benzene rings is 1. The summed E-state index contributed by atoms with van der Waals surface area (Å²) in [6.07, 6.45) is 1.13. The summed E-state index contributed by atoms with van der Waals surface area (Å²) in [5.74, 6) is 0.508. The molecule has 0 saturated carbocycles. The Morgan fingerprint density at radius 3 is 2.71 bits per heavy atom. The van der Waals surface area contributed by atoms with Crippen LogP contribution in [0.25, 0.3) is 11.0 Å². The van der Waals surface area contributed by atoms with Crippen molar-refractivity contribution in [3.05, 3.63) is 39.7 Å². The minimum Gasteiger partial charge on any atom is -0.423 e. The monoisotopic (exact) mass is 285 g/mol. The molecule has 1 aliphatic heterocycles. The molecule has 0 bridgehead atoms. The van der Waals surface area contributed by atoms with Crippen molar-refractivity contribution in [1.29, 1.82) is 0 Å². The molecule has 1 aromatic carbocycles. The van der Waals surface area contributed by atoms with Crippen molar-refractivity contribution in [3.63, 3.8) is 0 Å². The van der Waals surface area contributed by atoms with Crippen LogP contribution >= 0.6 is 0 Å². The molecule has 0 radical (unpaired) electrons. The molecule has 0 fully saturated rings. The van der Waals surface area contributed by atoms with Gasteiger partial charge >= 0.3 is 5.63 Å². The van der Waals surface area contributed by atoms with Gasteiger partial charge in [0.05, 0.1) is 0 Å². The molecule has 1 unspecified atom stereocenters. The van der Waals surface area contributed by atoms with Crippen molar-refractivity contribution >= 4 is 16.7 Å². The molecule has 1 atom stereocenters. The molecule has 0 saturated heterocycles. The quantitative estimate of drug-likeness (QED) is 0.736. The Balaban J connectivity index is 2.33. The summed E-state index contributed by atoms with van der Waals surface area (Å²) in [6, 6.07) is 5.84. The molecule has 0 aliphatic carbocycles. The molecule has 3 rings (SSSR count). The summed E-state index contributed by atoms with van der Waals surface area (Å²) in [6.45, 7) is 12.0. The number of anilines is 1. The molecule has 112 valence electrons. The molecule has 3 heteroatoms. The smallest absolute Gasteiger partial charge is 0.336 e. The highest BCUT2D eigenvalue weighted by Gasteiger charge is 2.35. The molecule has 21 heavy (non-hydrogen) atoms. The van der Waals surface area contributed by atoms with Gasteiger partial charge in [-0.2, -0.15) is 0 Å². The van der Waals surface area contributed by atoms with E-state index in [9.17, 15) is 4.79 Å². The SMILES string of the molecule is CCN1c2cc3oc(=O)cc(C)c3cc2C(C)CC1(C)C. The Labute approximate surface area is 125 Å². The highest BCUT2D eigenvalue weighted by Crippen LogP contribution is 2.44. The van der Waals surface area contributed by atoms with Crippen LogP contribution in [0.5, 0.6) is 0 Å². The Morgan fingerprint density at radius 2 is 2.05 bits per heavy atom. The van der Waals surface area contributed by atoms with E-state index in [2.05, 4.69) is 44.7 Å². The Bertz CT molecular complexity index is 758. The van der Waals surface area contributed by atoms with E-state index >= 15 is 0 Å². The average molecular weight is 285 g/mol. The Morgan fingerprint density at radius 1 is 1.33 bits per heavy atom. The maximum absolute atomic E-state index is 11.6. The van der Waals surface area contributed by atoms with E-state index in [0.717, 1.165) is 23.9 Å². The van der Waals surface area contributed by atoms with Gasteiger partial charge in [-0.15, -0.1) is 0 Å². The lowest BCUT2D eigenvalue weighted by Crippen LogP contribution is -2.48. The topological polar surface area (TPSA) is 33.5 Å². The van der Waals surface area contributed by atoms with E-state index in [1.54, 1.807) is 6.07 Å². The van der Waals surface area contributed by atoms with E-state index in [1.807, 2.05) is 6.92 Å². The zero-order chi connectivity index (χ0) is 15.4. The molecule has 1 aromatic heterocycles. The second-order valence-electron chi connectivity index (χ2n) is 6.82. The van der Waals surface area contributed by atoms with Crippen molar-refractivity contribution in [1.82, 2.24) is 0 Å². The molecule has 0 N–H and O–H groups in total. The van der Waals surface area contributed by atoms with E-state index in [-0.39, 0.29) is 11.2 Å². The molecule has 3 nitrogen and oxygen atoms in total. The highest BCUT2D eigenvalue weighted by atomic mass is 16.4. The van der Waals surface area contributed by atoms with E-state index < -0.39 is 0 Å². The van der Waals surface area contributed by atoms with E-state index in [1.165, 1.54) is 11.3 Å². The van der Waals surface area contributed by atoms with E-state index in [4.69, 9.17) is 4.42 Å². The maximum atomic E-state index is 11.6. The van der Waals surface area contributed by atoms with Gasteiger partial charge in [-0.05, 0) is 57.2 Å². The summed E-state index contributed by atoms with van der Waals surface area (Å²) in [4.78, 5) is 14.1. The van der Waals surface area contributed by atoms with Gasteiger partial charge in [-0.25, -0.2) is 4.79 Å². The van der Waals surface area contributed by atoms with Crippen LogP contribution in [0.1, 0.15) is 51.2 Å². The fraction of sp³-hybridized carbons (Fsp3) is 0.500. The second kappa shape index (κ2) is 4.62. The number of hydrogen-bond acceptors (Lipinski definition) is 3. The number of aryl methyl sites for hydroxylation is 1. The lowest BCUT2D eigenvalue weighted by atomic mass is 9.79. The van der Waals surface area contributed by atoms with Gasteiger partial charge in [0.15, 0.2) is 0 Å². The van der Waals surface area contributed by atoms with Crippen LogP contribution in [0, 0.1) is 6.92 Å². The molecular weight excluding hydrogens is 262 g/mol. The third-order valence-electron chi connectivity index (χ3n) is 4.77. The lowest BCUT2D eigenvalue weighted by Gasteiger charge is -2.47.